The molecule has 0 saturated carbocycles. The minimum absolute atomic E-state index is 0.0106. The summed E-state index contributed by atoms with van der Waals surface area (Å²) in [4.78, 5) is 25.1. The number of nitrogens with one attached hydrogen (secondary N) is 1. The van der Waals surface area contributed by atoms with Gasteiger partial charge in [0.15, 0.2) is 17.9 Å². The molecule has 2 aromatic rings. The van der Waals surface area contributed by atoms with Gasteiger partial charge in [-0.25, -0.2) is 15.0 Å². The molecule has 0 saturated heterocycles. The van der Waals surface area contributed by atoms with E-state index in [1.165, 1.54) is 0 Å². The number of imidazole rings is 1. The molecule has 2 heterocycles. The third-order valence-electron chi connectivity index (χ3n) is 1.68. The zero-order chi connectivity index (χ0) is 10.8. The van der Waals surface area contributed by atoms with Crippen molar-refractivity contribution in [3.8, 4) is 11.6 Å². The lowest BCUT2D eigenvalue weighted by atomic mass is 10.4. The summed E-state index contributed by atoms with van der Waals surface area (Å²) in [5, 5.41) is 0.0211. The van der Waals surface area contributed by atoms with Crippen molar-refractivity contribution in [1.82, 2.24) is 19.9 Å². The van der Waals surface area contributed by atoms with Gasteiger partial charge in [0, 0.05) is 12.4 Å². The third kappa shape index (κ3) is 1.84. The van der Waals surface area contributed by atoms with Crippen LogP contribution in [0.5, 0.6) is 0 Å². The van der Waals surface area contributed by atoms with E-state index in [0.717, 1.165) is 0 Å². The number of hydrogen-bond donors (Lipinski definition) is 1. The van der Waals surface area contributed by atoms with Crippen LogP contribution in [-0.2, 0) is 0 Å². The molecule has 0 radical (unpaired) electrons. The number of carbonyl (C=O) groups is 1. The summed E-state index contributed by atoms with van der Waals surface area (Å²) < 4.78 is 0. The molecule has 7 heteroatoms. The number of rotatable bonds is 2. The lowest BCUT2D eigenvalue weighted by molar-refractivity contribution is 0.112. The van der Waals surface area contributed by atoms with Gasteiger partial charge in [0.05, 0.1) is 5.56 Å². The Morgan fingerprint density at radius 2 is 1.93 bits per heavy atom. The van der Waals surface area contributed by atoms with Gasteiger partial charge in [-0.3, -0.25) is 4.79 Å². The minimum Gasteiger partial charge on any atom is -0.342 e. The van der Waals surface area contributed by atoms with Gasteiger partial charge in [-0.05, 0) is 0 Å². The van der Waals surface area contributed by atoms with E-state index in [2.05, 4.69) is 19.9 Å². The fourth-order valence-corrected chi connectivity index (χ4v) is 1.48. The molecule has 0 unspecified atom stereocenters. The molecule has 0 aliphatic rings. The quantitative estimate of drug-likeness (QED) is 0.646. The molecule has 0 aliphatic heterocycles. The standard InChI is InChI=1S/C8H4Cl2N4O/c9-5-4(3-15)6(10)14-8(13-5)7-11-1-2-12-7/h1-3H,(H,11,12). The largest absolute Gasteiger partial charge is 0.342 e. The molecule has 0 fully saturated rings. The average Bonchev–Trinajstić information content (AvgIpc) is 2.69. The molecule has 15 heavy (non-hydrogen) atoms. The van der Waals surface area contributed by atoms with Crippen LogP contribution in [0.1, 0.15) is 10.4 Å². The zero-order valence-electron chi connectivity index (χ0n) is 7.24. The first kappa shape index (κ1) is 10.1. The van der Waals surface area contributed by atoms with E-state index in [9.17, 15) is 4.79 Å². The topological polar surface area (TPSA) is 71.5 Å². The highest BCUT2D eigenvalue weighted by Gasteiger charge is 2.12. The van der Waals surface area contributed by atoms with E-state index in [1.54, 1.807) is 12.4 Å². The van der Waals surface area contributed by atoms with E-state index in [-0.39, 0.29) is 21.7 Å². The molecule has 0 spiro atoms. The van der Waals surface area contributed by atoms with Crippen molar-refractivity contribution < 1.29 is 4.79 Å². The van der Waals surface area contributed by atoms with Crippen molar-refractivity contribution in [1.29, 1.82) is 0 Å². The first-order valence-corrected chi connectivity index (χ1v) is 4.66. The average molecular weight is 243 g/mol. The van der Waals surface area contributed by atoms with Crippen molar-refractivity contribution in [3.63, 3.8) is 0 Å². The molecule has 2 rings (SSSR count). The Bertz CT molecular complexity index is 474. The second-order valence-corrected chi connectivity index (χ2v) is 3.31. The highest BCUT2D eigenvalue weighted by atomic mass is 35.5. The lowest BCUT2D eigenvalue weighted by Gasteiger charge is -2.00. The summed E-state index contributed by atoms with van der Waals surface area (Å²) in [6, 6.07) is 0. The van der Waals surface area contributed by atoms with E-state index in [0.29, 0.717) is 12.1 Å². The monoisotopic (exact) mass is 242 g/mol. The molecule has 0 aliphatic carbocycles. The van der Waals surface area contributed by atoms with Crippen LogP contribution in [0.3, 0.4) is 0 Å². The summed E-state index contributed by atoms with van der Waals surface area (Å²) in [5.74, 6) is 0.692. The van der Waals surface area contributed by atoms with Gasteiger partial charge in [0.25, 0.3) is 0 Å². The summed E-state index contributed by atoms with van der Waals surface area (Å²) in [7, 11) is 0. The maximum atomic E-state index is 10.6. The Hall–Kier alpha value is -1.46. The van der Waals surface area contributed by atoms with E-state index >= 15 is 0 Å². The van der Waals surface area contributed by atoms with E-state index in [1.807, 2.05) is 0 Å². The molecule has 0 aromatic carbocycles. The van der Waals surface area contributed by atoms with Gasteiger partial charge in [-0.1, -0.05) is 23.2 Å². The molecule has 76 valence electrons. The molecular weight excluding hydrogens is 239 g/mol. The molecular formula is C8H4Cl2N4O. The highest BCUT2D eigenvalue weighted by molar-refractivity contribution is 6.37. The van der Waals surface area contributed by atoms with Crippen molar-refractivity contribution in [3.05, 3.63) is 28.3 Å². The van der Waals surface area contributed by atoms with Gasteiger partial charge in [-0.2, -0.15) is 0 Å². The van der Waals surface area contributed by atoms with Crippen LogP contribution >= 0.6 is 23.2 Å². The normalized spacial score (nSPS) is 10.3. The molecule has 1 N–H and O–H groups in total. The van der Waals surface area contributed by atoms with Crippen LogP contribution in [0.15, 0.2) is 12.4 Å². The van der Waals surface area contributed by atoms with Gasteiger partial charge >= 0.3 is 0 Å². The van der Waals surface area contributed by atoms with Crippen LogP contribution in [0, 0.1) is 0 Å². The maximum absolute atomic E-state index is 10.6. The second-order valence-electron chi connectivity index (χ2n) is 2.60. The number of aromatic nitrogens is 4. The summed E-state index contributed by atoms with van der Waals surface area (Å²) in [5.41, 5.74) is 0.0774. The van der Waals surface area contributed by atoms with Gasteiger partial charge in [0.2, 0.25) is 0 Å². The van der Waals surface area contributed by atoms with Crippen LogP contribution in [0.2, 0.25) is 10.3 Å². The summed E-state index contributed by atoms with van der Waals surface area (Å²) in [6.07, 6.45) is 3.68. The number of hydrogen-bond acceptors (Lipinski definition) is 4. The number of aldehydes is 1. The van der Waals surface area contributed by atoms with Crippen molar-refractivity contribution in [2.24, 2.45) is 0 Å². The fourth-order valence-electron chi connectivity index (χ4n) is 1.01. The van der Waals surface area contributed by atoms with Crippen LogP contribution in [0.4, 0.5) is 0 Å². The first-order valence-electron chi connectivity index (χ1n) is 3.90. The summed E-state index contributed by atoms with van der Waals surface area (Å²) in [6.45, 7) is 0. The number of carbonyl (C=O) groups excluding carboxylic acids is 1. The summed E-state index contributed by atoms with van der Waals surface area (Å²) >= 11 is 11.5. The molecule has 0 atom stereocenters. The Morgan fingerprint density at radius 1 is 1.27 bits per heavy atom. The van der Waals surface area contributed by atoms with Gasteiger partial charge in [0.1, 0.15) is 10.3 Å². The van der Waals surface area contributed by atoms with Gasteiger partial charge < -0.3 is 4.98 Å². The predicted molar refractivity (Wildman–Crippen MR) is 55.0 cm³/mol. The van der Waals surface area contributed by atoms with Crippen molar-refractivity contribution in [2.75, 3.05) is 0 Å². The predicted octanol–water partition coefficient (Wildman–Crippen LogP) is 1.99. The third-order valence-corrected chi connectivity index (χ3v) is 2.26. The molecule has 0 amide bonds. The van der Waals surface area contributed by atoms with Crippen molar-refractivity contribution in [2.45, 2.75) is 0 Å². The fraction of sp³-hybridized carbons (Fsp3) is 0. The Kier molecular flexibility index (Phi) is 2.66. The minimum atomic E-state index is 0.0106. The number of halogens is 2. The van der Waals surface area contributed by atoms with Crippen LogP contribution in [-0.4, -0.2) is 26.2 Å². The SMILES string of the molecule is O=Cc1c(Cl)nc(-c2ncc[nH]2)nc1Cl. The van der Waals surface area contributed by atoms with E-state index in [4.69, 9.17) is 23.2 Å². The second kappa shape index (κ2) is 3.96. The van der Waals surface area contributed by atoms with E-state index < -0.39 is 0 Å². The maximum Gasteiger partial charge on any atom is 0.198 e. The smallest absolute Gasteiger partial charge is 0.198 e. The molecule has 5 nitrogen and oxygen atoms in total. The molecule has 2 aromatic heterocycles. The Labute approximate surface area is 94.5 Å². The zero-order valence-corrected chi connectivity index (χ0v) is 8.75. The van der Waals surface area contributed by atoms with Crippen LogP contribution in [0.25, 0.3) is 11.6 Å². The Balaban J connectivity index is 2.58. The van der Waals surface area contributed by atoms with Gasteiger partial charge in [-0.15, -0.1) is 0 Å². The highest BCUT2D eigenvalue weighted by Crippen LogP contribution is 2.22. The lowest BCUT2D eigenvalue weighted by Crippen LogP contribution is -1.97. The Morgan fingerprint density at radius 3 is 2.40 bits per heavy atom. The first-order chi connectivity index (χ1) is 7.22. The van der Waals surface area contributed by atoms with Crippen LogP contribution < -0.4 is 0 Å². The number of nitrogens with zero attached hydrogens (tertiary/aromatic N) is 3. The number of H-pyrrole nitrogens is 1. The molecule has 0 bridgehead atoms. The van der Waals surface area contributed by atoms with Crippen molar-refractivity contribution >= 4 is 29.5 Å². The number of aromatic amines is 1.